The summed E-state index contributed by atoms with van der Waals surface area (Å²) in [6.07, 6.45) is 4.26. The van der Waals surface area contributed by atoms with E-state index in [-0.39, 0.29) is 40.0 Å². The number of benzene rings is 1. The fraction of sp³-hybridized carbons (Fsp3) is 0.412. The third-order valence-electron chi connectivity index (χ3n) is 3.33. The van der Waals surface area contributed by atoms with Gasteiger partial charge in [-0.2, -0.15) is 0 Å². The SMILES string of the molecule is C=CCCCC([O-])(C#Cc1ccccc1)[Si](C)(C)C.[Br-].[Mg+2]. The maximum atomic E-state index is 13.0. The molecule has 0 spiro atoms. The first-order chi connectivity index (χ1) is 8.89. The summed E-state index contributed by atoms with van der Waals surface area (Å²) in [6, 6.07) is 9.74. The minimum Gasteiger partial charge on any atom is -1.00 e. The van der Waals surface area contributed by atoms with Crippen LogP contribution in [0.5, 0.6) is 0 Å². The Balaban J connectivity index is 0. The van der Waals surface area contributed by atoms with Gasteiger partial charge in [0, 0.05) is 13.6 Å². The van der Waals surface area contributed by atoms with E-state index in [2.05, 4.69) is 38.1 Å². The first-order valence-electron chi connectivity index (χ1n) is 6.78. The Hall–Kier alpha value is -0.0569. The average molecular weight is 376 g/mol. The molecule has 0 bridgehead atoms. The second-order valence-electron chi connectivity index (χ2n) is 5.87. The van der Waals surface area contributed by atoms with Gasteiger partial charge in [-0.3, -0.25) is 0 Å². The molecule has 4 heteroatoms. The third-order valence-corrected chi connectivity index (χ3v) is 6.13. The van der Waals surface area contributed by atoms with Crippen molar-refractivity contribution < 1.29 is 22.1 Å². The van der Waals surface area contributed by atoms with Crippen LogP contribution in [0.25, 0.3) is 0 Å². The largest absolute Gasteiger partial charge is 2.00 e. The zero-order valence-corrected chi connectivity index (χ0v) is 17.3. The van der Waals surface area contributed by atoms with Gasteiger partial charge in [-0.05, 0) is 25.0 Å². The van der Waals surface area contributed by atoms with Gasteiger partial charge in [0.1, 0.15) is 0 Å². The summed E-state index contributed by atoms with van der Waals surface area (Å²) in [6.45, 7) is 10.0. The van der Waals surface area contributed by atoms with Gasteiger partial charge in [0.2, 0.25) is 0 Å². The van der Waals surface area contributed by atoms with Crippen molar-refractivity contribution in [2.24, 2.45) is 0 Å². The van der Waals surface area contributed by atoms with Crippen LogP contribution in [0.4, 0.5) is 0 Å². The average Bonchev–Trinajstić information content (AvgIpc) is 2.37. The Morgan fingerprint density at radius 1 is 1.24 bits per heavy atom. The summed E-state index contributed by atoms with van der Waals surface area (Å²) in [5.74, 6) is 6.10. The molecule has 0 N–H and O–H groups in total. The van der Waals surface area contributed by atoms with E-state index in [1.165, 1.54) is 0 Å². The molecule has 0 aliphatic carbocycles. The molecule has 1 rings (SSSR count). The van der Waals surface area contributed by atoms with Gasteiger partial charge >= 0.3 is 23.1 Å². The second-order valence-corrected chi connectivity index (χ2v) is 11.2. The van der Waals surface area contributed by atoms with Crippen LogP contribution in [0.1, 0.15) is 24.8 Å². The molecule has 0 aromatic heterocycles. The van der Waals surface area contributed by atoms with Crippen LogP contribution in [0.2, 0.25) is 19.6 Å². The van der Waals surface area contributed by atoms with Gasteiger partial charge in [-0.15, -0.1) is 12.5 Å². The van der Waals surface area contributed by atoms with E-state index in [9.17, 15) is 5.11 Å². The molecule has 0 aliphatic heterocycles. The molecule has 0 radical (unpaired) electrons. The van der Waals surface area contributed by atoms with Crippen LogP contribution in [0.3, 0.4) is 0 Å². The van der Waals surface area contributed by atoms with Crippen molar-refractivity contribution in [3.8, 4) is 11.8 Å². The predicted molar refractivity (Wildman–Crippen MR) is 89.2 cm³/mol. The van der Waals surface area contributed by atoms with E-state index in [1.807, 2.05) is 36.4 Å². The van der Waals surface area contributed by atoms with Crippen molar-refractivity contribution in [3.63, 3.8) is 0 Å². The van der Waals surface area contributed by atoms with Crippen molar-refractivity contribution in [1.29, 1.82) is 0 Å². The number of hydrogen-bond acceptors (Lipinski definition) is 1. The van der Waals surface area contributed by atoms with Crippen LogP contribution < -0.4 is 22.1 Å². The third kappa shape index (κ3) is 7.66. The first kappa shape index (κ1) is 23.2. The summed E-state index contributed by atoms with van der Waals surface area (Å²) in [4.78, 5) is 0. The fourth-order valence-corrected chi connectivity index (χ4v) is 3.18. The Morgan fingerprint density at radius 2 is 1.81 bits per heavy atom. The van der Waals surface area contributed by atoms with Gasteiger partial charge in [-0.1, -0.05) is 61.5 Å². The smallest absolute Gasteiger partial charge is 1.00 e. The van der Waals surface area contributed by atoms with Crippen LogP contribution in [0, 0.1) is 11.8 Å². The van der Waals surface area contributed by atoms with E-state index in [1.54, 1.807) is 0 Å². The molecule has 1 atom stereocenters. The minimum atomic E-state index is -1.88. The maximum absolute atomic E-state index is 13.0. The van der Waals surface area contributed by atoms with Crippen molar-refractivity contribution in [2.75, 3.05) is 0 Å². The van der Waals surface area contributed by atoms with Gasteiger partial charge in [-0.25, -0.2) is 0 Å². The summed E-state index contributed by atoms with van der Waals surface area (Å²) in [5, 5.41) is 11.9. The van der Waals surface area contributed by atoms with E-state index in [4.69, 9.17) is 0 Å². The van der Waals surface area contributed by atoms with E-state index in [0.29, 0.717) is 6.42 Å². The molecule has 0 amide bonds. The number of halogens is 1. The minimum absolute atomic E-state index is 0. The van der Waals surface area contributed by atoms with Crippen LogP contribution >= 0.6 is 0 Å². The molecule has 0 saturated heterocycles. The molecule has 110 valence electrons. The predicted octanol–water partition coefficient (Wildman–Crippen LogP) is -0.00590. The van der Waals surface area contributed by atoms with Crippen molar-refractivity contribution >= 4 is 31.1 Å². The van der Waals surface area contributed by atoms with Gasteiger partial charge < -0.3 is 22.1 Å². The molecule has 0 aliphatic rings. The standard InChI is InChI=1S/C17H23OSi.BrH.Mg/c1-5-6-10-14-17(18,19(2,3)4)15-13-16-11-8-7-9-12-16;;/h5,7-9,11-12H,1,6,10,14H2,2-4H3;1H;/q-1;;+2/p-1. The van der Waals surface area contributed by atoms with Crippen molar-refractivity contribution in [3.05, 3.63) is 48.6 Å². The summed E-state index contributed by atoms with van der Waals surface area (Å²) in [7, 11) is -1.88. The molecular formula is C17H23BrMgOSi. The quantitative estimate of drug-likeness (QED) is 0.307. The van der Waals surface area contributed by atoms with E-state index >= 15 is 0 Å². The maximum Gasteiger partial charge on any atom is 2.00 e. The summed E-state index contributed by atoms with van der Waals surface area (Å²) < 4.78 is 0. The number of hydrogen-bond donors (Lipinski definition) is 0. The molecule has 21 heavy (non-hydrogen) atoms. The Morgan fingerprint density at radius 3 is 2.29 bits per heavy atom. The van der Waals surface area contributed by atoms with Gasteiger partial charge in [0.15, 0.2) is 0 Å². The van der Waals surface area contributed by atoms with Gasteiger partial charge in [0.05, 0.1) is 0 Å². The van der Waals surface area contributed by atoms with Crippen molar-refractivity contribution in [1.82, 2.24) is 0 Å². The molecule has 1 aromatic rings. The number of rotatable bonds is 5. The zero-order valence-electron chi connectivity index (χ0n) is 13.3. The van der Waals surface area contributed by atoms with Crippen LogP contribution in [-0.4, -0.2) is 36.4 Å². The van der Waals surface area contributed by atoms with Crippen LogP contribution in [-0.2, 0) is 0 Å². The first-order valence-corrected chi connectivity index (χ1v) is 10.3. The Kier molecular flexibility index (Phi) is 11.8. The second kappa shape index (κ2) is 10.6. The molecule has 0 fully saturated rings. The monoisotopic (exact) mass is 374 g/mol. The van der Waals surface area contributed by atoms with E-state index in [0.717, 1.165) is 18.4 Å². The topological polar surface area (TPSA) is 23.1 Å². The van der Waals surface area contributed by atoms with E-state index < -0.39 is 13.3 Å². The Bertz CT molecular complexity index is 473. The van der Waals surface area contributed by atoms with Crippen LogP contribution in [0.15, 0.2) is 43.0 Å². The fourth-order valence-electron chi connectivity index (χ4n) is 1.81. The summed E-state index contributed by atoms with van der Waals surface area (Å²) >= 11 is 0. The molecule has 0 saturated carbocycles. The Labute approximate surface area is 157 Å². The van der Waals surface area contributed by atoms with Crippen molar-refractivity contribution in [2.45, 2.75) is 44.1 Å². The summed E-state index contributed by atoms with van der Waals surface area (Å²) in [5.41, 5.74) is 0.921. The number of unbranched alkanes of at least 4 members (excludes halogenated alkanes) is 1. The molecule has 1 aromatic carbocycles. The van der Waals surface area contributed by atoms with Gasteiger partial charge in [0.25, 0.3) is 0 Å². The number of allylic oxidation sites excluding steroid dienone is 1. The molecule has 1 unspecified atom stereocenters. The zero-order chi connectivity index (χ0) is 14.4. The normalized spacial score (nSPS) is 12.8. The molecule has 1 nitrogen and oxygen atoms in total. The molecular weight excluding hydrogens is 352 g/mol. The molecule has 0 heterocycles.